The van der Waals surface area contributed by atoms with Crippen LogP contribution in [-0.4, -0.2) is 41.0 Å². The number of imidazole rings is 1. The van der Waals surface area contributed by atoms with Gasteiger partial charge in [0.1, 0.15) is 18.2 Å². The molecule has 0 bridgehead atoms. The Labute approximate surface area is 151 Å². The largest absolute Gasteiger partial charge is 0.490 e. The summed E-state index contributed by atoms with van der Waals surface area (Å²) in [6.07, 6.45) is 0.992. The molecule has 0 aliphatic heterocycles. The summed E-state index contributed by atoms with van der Waals surface area (Å²) in [6, 6.07) is 15.1. The van der Waals surface area contributed by atoms with Crippen LogP contribution in [0.25, 0.3) is 11.0 Å². The Balaban J connectivity index is 1.45. The minimum absolute atomic E-state index is 0.0585. The third-order valence-corrected chi connectivity index (χ3v) is 4.27. The van der Waals surface area contributed by atoms with Gasteiger partial charge in [-0.25, -0.2) is 4.98 Å². The number of H-pyrrole nitrogens is 1. The Hall–Kier alpha value is -2.53. The minimum atomic E-state index is 0.0585. The van der Waals surface area contributed by atoms with Gasteiger partial charge < -0.3 is 14.6 Å². The topological polar surface area (TPSA) is 58.2 Å². The predicted molar refractivity (Wildman–Crippen MR) is 99.0 cm³/mol. The van der Waals surface area contributed by atoms with Gasteiger partial charge in [0.25, 0.3) is 0 Å². The number of aryl methyl sites for hydroxylation is 1. The van der Waals surface area contributed by atoms with E-state index in [1.807, 2.05) is 42.5 Å². The molecule has 3 rings (SSSR count). The number of aromatic amines is 1. The van der Waals surface area contributed by atoms with Gasteiger partial charge in [-0.2, -0.15) is 0 Å². The van der Waals surface area contributed by atoms with Gasteiger partial charge in [-0.05, 0) is 24.3 Å². The molecule has 130 valence electrons. The minimum Gasteiger partial charge on any atom is -0.490 e. The molecule has 1 aromatic heterocycles. The summed E-state index contributed by atoms with van der Waals surface area (Å²) in [7, 11) is 1.77. The van der Waals surface area contributed by atoms with Crippen LogP contribution in [0, 0.1) is 0 Å². The first-order chi connectivity index (χ1) is 12.1. The Bertz CT molecular complexity index is 830. The Kier molecular flexibility index (Phi) is 5.56. The highest BCUT2D eigenvalue weighted by atomic mass is 35.5. The van der Waals surface area contributed by atoms with Gasteiger partial charge >= 0.3 is 0 Å². The number of hydrogen-bond acceptors (Lipinski definition) is 3. The van der Waals surface area contributed by atoms with Crippen molar-refractivity contribution in [2.45, 2.75) is 12.8 Å². The summed E-state index contributed by atoms with van der Waals surface area (Å²) in [6.45, 7) is 0.904. The first kappa shape index (κ1) is 17.3. The number of para-hydroxylation sites is 3. The number of hydrogen-bond donors (Lipinski definition) is 1. The SMILES string of the molecule is CN(CCOc1ccccc1Cl)C(=O)CCc1nc2ccccc2[nH]1. The summed E-state index contributed by atoms with van der Waals surface area (Å²) in [5.74, 6) is 1.52. The number of carbonyl (C=O) groups is 1. The molecule has 0 saturated heterocycles. The fourth-order valence-corrected chi connectivity index (χ4v) is 2.71. The lowest BCUT2D eigenvalue weighted by Gasteiger charge is -2.17. The molecule has 6 heteroatoms. The summed E-state index contributed by atoms with van der Waals surface area (Å²) in [5, 5.41) is 0.571. The van der Waals surface area contributed by atoms with Crippen LogP contribution in [0.5, 0.6) is 5.75 Å². The molecule has 1 heterocycles. The fourth-order valence-electron chi connectivity index (χ4n) is 2.52. The first-order valence-electron chi connectivity index (χ1n) is 8.18. The van der Waals surface area contributed by atoms with Crippen LogP contribution in [0.1, 0.15) is 12.2 Å². The maximum Gasteiger partial charge on any atom is 0.222 e. The number of amides is 1. The highest BCUT2D eigenvalue weighted by Crippen LogP contribution is 2.22. The van der Waals surface area contributed by atoms with Gasteiger partial charge in [0.2, 0.25) is 5.91 Å². The molecule has 2 aromatic carbocycles. The van der Waals surface area contributed by atoms with Crippen LogP contribution in [-0.2, 0) is 11.2 Å². The zero-order valence-electron chi connectivity index (χ0n) is 14.0. The number of halogens is 1. The average molecular weight is 358 g/mol. The van der Waals surface area contributed by atoms with Gasteiger partial charge in [0, 0.05) is 19.9 Å². The van der Waals surface area contributed by atoms with Crippen molar-refractivity contribution in [3.63, 3.8) is 0 Å². The predicted octanol–water partition coefficient (Wildman–Crippen LogP) is 3.69. The smallest absolute Gasteiger partial charge is 0.222 e. The zero-order chi connectivity index (χ0) is 17.6. The van der Waals surface area contributed by atoms with E-state index in [2.05, 4.69) is 9.97 Å². The summed E-state index contributed by atoms with van der Waals surface area (Å²) < 4.78 is 5.62. The van der Waals surface area contributed by atoms with Gasteiger partial charge in [-0.15, -0.1) is 0 Å². The molecule has 5 nitrogen and oxygen atoms in total. The second-order valence-corrected chi connectivity index (χ2v) is 6.20. The number of fused-ring (bicyclic) bond motifs is 1. The lowest BCUT2D eigenvalue weighted by Crippen LogP contribution is -2.31. The summed E-state index contributed by atoms with van der Waals surface area (Å²) in [4.78, 5) is 21.6. The van der Waals surface area contributed by atoms with Gasteiger partial charge in [0.15, 0.2) is 0 Å². The van der Waals surface area contributed by atoms with Crippen molar-refractivity contribution in [3.8, 4) is 5.75 Å². The summed E-state index contributed by atoms with van der Waals surface area (Å²) >= 11 is 6.04. The number of aromatic nitrogens is 2. The average Bonchev–Trinajstić information content (AvgIpc) is 3.04. The second kappa shape index (κ2) is 8.03. The van der Waals surface area contributed by atoms with Gasteiger partial charge in [0.05, 0.1) is 22.6 Å². The molecule has 0 saturated carbocycles. The van der Waals surface area contributed by atoms with Crippen LogP contribution in [0.3, 0.4) is 0 Å². The van der Waals surface area contributed by atoms with Crippen molar-refractivity contribution in [2.24, 2.45) is 0 Å². The van der Waals surface area contributed by atoms with Crippen molar-refractivity contribution in [3.05, 3.63) is 59.4 Å². The van der Waals surface area contributed by atoms with Gasteiger partial charge in [-0.1, -0.05) is 35.9 Å². The second-order valence-electron chi connectivity index (χ2n) is 5.79. The number of ether oxygens (including phenoxy) is 1. The number of nitrogens with one attached hydrogen (secondary N) is 1. The molecule has 0 aliphatic rings. The number of carbonyl (C=O) groups excluding carboxylic acids is 1. The molecule has 1 amide bonds. The first-order valence-corrected chi connectivity index (χ1v) is 8.56. The van der Waals surface area contributed by atoms with Crippen LogP contribution in [0.2, 0.25) is 5.02 Å². The molecule has 25 heavy (non-hydrogen) atoms. The van der Waals surface area contributed by atoms with E-state index in [4.69, 9.17) is 16.3 Å². The molecule has 0 unspecified atom stereocenters. The molecule has 0 aliphatic carbocycles. The fraction of sp³-hybridized carbons (Fsp3) is 0.263. The number of likely N-dealkylation sites (N-methyl/N-ethyl adjacent to an activating group) is 1. The number of rotatable bonds is 7. The van der Waals surface area contributed by atoms with Crippen LogP contribution >= 0.6 is 11.6 Å². The highest BCUT2D eigenvalue weighted by molar-refractivity contribution is 6.32. The van der Waals surface area contributed by atoms with Crippen molar-refractivity contribution in [2.75, 3.05) is 20.2 Å². The Morgan fingerprint density at radius 3 is 2.76 bits per heavy atom. The summed E-state index contributed by atoms with van der Waals surface area (Å²) in [5.41, 5.74) is 1.91. The van der Waals surface area contributed by atoms with Crippen molar-refractivity contribution in [1.29, 1.82) is 0 Å². The van der Waals surface area contributed by atoms with E-state index in [-0.39, 0.29) is 5.91 Å². The lowest BCUT2D eigenvalue weighted by molar-refractivity contribution is -0.130. The van der Waals surface area contributed by atoms with Crippen molar-refractivity contribution >= 4 is 28.5 Å². The van der Waals surface area contributed by atoms with Crippen LogP contribution in [0.4, 0.5) is 0 Å². The highest BCUT2D eigenvalue weighted by Gasteiger charge is 2.11. The molecular weight excluding hydrogens is 338 g/mol. The lowest BCUT2D eigenvalue weighted by atomic mass is 10.2. The zero-order valence-corrected chi connectivity index (χ0v) is 14.8. The maximum absolute atomic E-state index is 12.2. The van der Waals surface area contributed by atoms with Crippen molar-refractivity contribution < 1.29 is 9.53 Å². The van der Waals surface area contributed by atoms with E-state index < -0.39 is 0 Å². The third-order valence-electron chi connectivity index (χ3n) is 3.96. The van der Waals surface area contributed by atoms with Gasteiger partial charge in [-0.3, -0.25) is 4.79 Å². The van der Waals surface area contributed by atoms with E-state index >= 15 is 0 Å². The molecule has 0 spiro atoms. The molecular formula is C19H20ClN3O2. The quantitative estimate of drug-likeness (QED) is 0.701. The molecule has 0 fully saturated rings. The van der Waals surface area contributed by atoms with Crippen LogP contribution in [0.15, 0.2) is 48.5 Å². The monoisotopic (exact) mass is 357 g/mol. The Morgan fingerprint density at radius 2 is 1.96 bits per heavy atom. The molecule has 3 aromatic rings. The van der Waals surface area contributed by atoms with Crippen molar-refractivity contribution in [1.82, 2.24) is 14.9 Å². The van der Waals surface area contributed by atoms with E-state index in [9.17, 15) is 4.79 Å². The Morgan fingerprint density at radius 1 is 1.20 bits per heavy atom. The number of nitrogens with zero attached hydrogens (tertiary/aromatic N) is 2. The van der Waals surface area contributed by atoms with E-state index in [0.717, 1.165) is 16.9 Å². The standard InChI is InChI=1S/C19H20ClN3O2/c1-23(12-13-25-17-9-5-2-6-14(17)20)19(24)11-10-18-21-15-7-3-4-8-16(15)22-18/h2-9H,10-13H2,1H3,(H,21,22). The molecule has 0 atom stereocenters. The normalized spacial score (nSPS) is 10.8. The van der Waals surface area contributed by atoms with E-state index in [0.29, 0.717) is 36.8 Å². The van der Waals surface area contributed by atoms with E-state index in [1.165, 1.54) is 0 Å². The number of benzene rings is 2. The molecule has 1 N–H and O–H groups in total. The molecule has 0 radical (unpaired) electrons. The van der Waals surface area contributed by atoms with E-state index in [1.54, 1.807) is 18.0 Å². The third kappa shape index (κ3) is 4.51. The van der Waals surface area contributed by atoms with Crippen LogP contribution < -0.4 is 4.74 Å². The maximum atomic E-state index is 12.2.